The van der Waals surface area contributed by atoms with Gasteiger partial charge in [0.1, 0.15) is 5.70 Å². The monoisotopic (exact) mass is 304 g/mol. The number of carbonyl (C=O) groups excluding carboxylic acids is 1. The van der Waals surface area contributed by atoms with E-state index in [2.05, 4.69) is 28.9 Å². The Morgan fingerprint density at radius 2 is 2.00 bits per heavy atom. The highest BCUT2D eigenvalue weighted by atomic mass is 32.2. The van der Waals surface area contributed by atoms with Gasteiger partial charge in [-0.05, 0) is 29.2 Å². The summed E-state index contributed by atoms with van der Waals surface area (Å²) in [6.07, 6.45) is 6.75. The molecule has 112 valence electrons. The first-order chi connectivity index (χ1) is 9.93. The Bertz CT molecular complexity index is 576. The molecule has 4 N–H and O–H groups in total. The summed E-state index contributed by atoms with van der Waals surface area (Å²) in [5.41, 5.74) is 12.6. The molecule has 0 spiro atoms. The number of thioether (sulfide) groups is 1. The molecule has 0 aromatic carbocycles. The van der Waals surface area contributed by atoms with E-state index in [0.717, 1.165) is 28.9 Å². The highest BCUT2D eigenvalue weighted by molar-refractivity contribution is 8.05. The summed E-state index contributed by atoms with van der Waals surface area (Å²) in [7, 11) is 0. The van der Waals surface area contributed by atoms with Gasteiger partial charge < -0.3 is 11.5 Å². The molecule has 0 atom stereocenters. The second-order valence-corrected chi connectivity index (χ2v) is 5.68. The highest BCUT2D eigenvalue weighted by Gasteiger charge is 2.04. The molecule has 0 saturated heterocycles. The molecule has 1 rings (SSSR count). The second kappa shape index (κ2) is 8.26. The summed E-state index contributed by atoms with van der Waals surface area (Å²) in [6, 6.07) is 0. The van der Waals surface area contributed by atoms with Crippen LogP contribution in [0, 0.1) is 0 Å². The lowest BCUT2D eigenvalue weighted by atomic mass is 10.1. The van der Waals surface area contributed by atoms with Gasteiger partial charge in [-0.25, -0.2) is 9.97 Å². The summed E-state index contributed by atoms with van der Waals surface area (Å²) in [5.74, 6) is -0.328. The van der Waals surface area contributed by atoms with E-state index in [1.165, 1.54) is 6.08 Å². The largest absolute Gasteiger partial charge is 0.394 e. The third kappa shape index (κ3) is 5.83. The SMILES string of the molecule is C=C(C)S/C=C(\CCC)c1cnc(C=C(N)C(N)=O)nc1. The molecule has 1 amide bonds. The third-order valence-electron chi connectivity index (χ3n) is 2.53. The maximum absolute atomic E-state index is 10.9. The Hall–Kier alpha value is -2.08. The topological polar surface area (TPSA) is 94.9 Å². The van der Waals surface area contributed by atoms with Crippen LogP contribution in [0.25, 0.3) is 11.6 Å². The predicted octanol–water partition coefficient (Wildman–Crippen LogP) is 2.67. The lowest BCUT2D eigenvalue weighted by molar-refractivity contribution is -0.114. The first kappa shape index (κ1) is 17.0. The smallest absolute Gasteiger partial charge is 0.264 e. The van der Waals surface area contributed by atoms with Crippen molar-refractivity contribution in [2.24, 2.45) is 11.5 Å². The van der Waals surface area contributed by atoms with Gasteiger partial charge in [-0.2, -0.15) is 0 Å². The van der Waals surface area contributed by atoms with Gasteiger partial charge in [-0.3, -0.25) is 4.79 Å². The van der Waals surface area contributed by atoms with E-state index in [0.29, 0.717) is 5.82 Å². The Labute approximate surface area is 129 Å². The van der Waals surface area contributed by atoms with Crippen LogP contribution in [0.4, 0.5) is 0 Å². The lowest BCUT2D eigenvalue weighted by Gasteiger charge is -2.06. The van der Waals surface area contributed by atoms with Crippen molar-refractivity contribution in [1.82, 2.24) is 9.97 Å². The summed E-state index contributed by atoms with van der Waals surface area (Å²) >= 11 is 1.59. The first-order valence-electron chi connectivity index (χ1n) is 6.54. The highest BCUT2D eigenvalue weighted by Crippen LogP contribution is 2.25. The number of amides is 1. The van der Waals surface area contributed by atoms with Gasteiger partial charge in [0.15, 0.2) is 5.82 Å². The molecule has 0 aliphatic rings. The molecule has 0 radical (unpaired) electrons. The average molecular weight is 304 g/mol. The van der Waals surface area contributed by atoms with Crippen molar-refractivity contribution in [1.29, 1.82) is 0 Å². The minimum Gasteiger partial charge on any atom is -0.394 e. The minimum absolute atomic E-state index is 0.0649. The van der Waals surface area contributed by atoms with Crippen LogP contribution >= 0.6 is 11.8 Å². The van der Waals surface area contributed by atoms with E-state index in [1.54, 1.807) is 24.2 Å². The third-order valence-corrected chi connectivity index (χ3v) is 3.34. The van der Waals surface area contributed by atoms with E-state index >= 15 is 0 Å². The number of nitrogens with zero attached hydrogens (tertiary/aromatic N) is 2. The molecule has 0 saturated carbocycles. The van der Waals surface area contributed by atoms with Crippen LogP contribution in [-0.4, -0.2) is 15.9 Å². The van der Waals surface area contributed by atoms with E-state index < -0.39 is 5.91 Å². The Balaban J connectivity index is 2.97. The van der Waals surface area contributed by atoms with Crippen molar-refractivity contribution in [3.05, 3.63) is 46.4 Å². The minimum atomic E-state index is -0.688. The Morgan fingerprint density at radius 3 is 2.48 bits per heavy atom. The summed E-state index contributed by atoms with van der Waals surface area (Å²) in [4.78, 5) is 20.3. The number of aromatic nitrogens is 2. The quantitative estimate of drug-likeness (QED) is 0.755. The molecule has 0 fully saturated rings. The van der Waals surface area contributed by atoms with Crippen LogP contribution < -0.4 is 11.5 Å². The van der Waals surface area contributed by atoms with Crippen molar-refractivity contribution in [3.63, 3.8) is 0 Å². The van der Waals surface area contributed by atoms with Crippen LogP contribution in [0.1, 0.15) is 38.1 Å². The molecule has 0 aliphatic carbocycles. The number of allylic oxidation sites excluding steroid dienone is 2. The van der Waals surface area contributed by atoms with Gasteiger partial charge >= 0.3 is 0 Å². The Kier molecular flexibility index (Phi) is 6.68. The maximum Gasteiger partial charge on any atom is 0.264 e. The number of hydrogen-bond acceptors (Lipinski definition) is 5. The number of primary amides is 1. The van der Waals surface area contributed by atoms with E-state index in [9.17, 15) is 4.79 Å². The normalized spacial score (nSPS) is 12.3. The molecule has 5 nitrogen and oxygen atoms in total. The van der Waals surface area contributed by atoms with Crippen LogP contribution in [0.15, 0.2) is 35.0 Å². The molecule has 0 aliphatic heterocycles. The van der Waals surface area contributed by atoms with Crippen molar-refractivity contribution >= 4 is 29.3 Å². The van der Waals surface area contributed by atoms with Gasteiger partial charge in [0.25, 0.3) is 5.91 Å². The predicted molar refractivity (Wildman–Crippen MR) is 88.7 cm³/mol. The molecule has 0 unspecified atom stereocenters. The average Bonchev–Trinajstić information content (AvgIpc) is 2.44. The van der Waals surface area contributed by atoms with Crippen LogP contribution in [0.3, 0.4) is 0 Å². The summed E-state index contributed by atoms with van der Waals surface area (Å²) < 4.78 is 0. The maximum atomic E-state index is 10.9. The fourth-order valence-corrected chi connectivity index (χ4v) is 2.10. The van der Waals surface area contributed by atoms with Gasteiger partial charge in [0.2, 0.25) is 0 Å². The van der Waals surface area contributed by atoms with E-state index in [4.69, 9.17) is 11.5 Å². The molecule has 1 heterocycles. The summed E-state index contributed by atoms with van der Waals surface area (Å²) in [5, 5.41) is 2.07. The van der Waals surface area contributed by atoms with Gasteiger partial charge in [0.05, 0.1) is 0 Å². The molecule has 1 aromatic rings. The van der Waals surface area contributed by atoms with Crippen molar-refractivity contribution < 1.29 is 4.79 Å². The van der Waals surface area contributed by atoms with Gasteiger partial charge in [0, 0.05) is 24.0 Å². The van der Waals surface area contributed by atoms with E-state index in [-0.39, 0.29) is 5.70 Å². The first-order valence-corrected chi connectivity index (χ1v) is 7.42. The van der Waals surface area contributed by atoms with E-state index in [1.807, 2.05) is 6.92 Å². The summed E-state index contributed by atoms with van der Waals surface area (Å²) in [6.45, 7) is 7.94. The van der Waals surface area contributed by atoms with Gasteiger partial charge in [-0.15, -0.1) is 11.8 Å². The molecular weight excluding hydrogens is 284 g/mol. The van der Waals surface area contributed by atoms with Crippen LogP contribution in [0.5, 0.6) is 0 Å². The van der Waals surface area contributed by atoms with Gasteiger partial charge in [-0.1, -0.05) is 19.9 Å². The number of carbonyl (C=O) groups is 1. The number of rotatable bonds is 7. The van der Waals surface area contributed by atoms with Crippen molar-refractivity contribution in [2.45, 2.75) is 26.7 Å². The molecule has 6 heteroatoms. The molecular formula is C15H20N4OS. The van der Waals surface area contributed by atoms with Crippen LogP contribution in [0.2, 0.25) is 0 Å². The zero-order valence-electron chi connectivity index (χ0n) is 12.3. The number of nitrogens with two attached hydrogens (primary N) is 2. The fraction of sp³-hybridized carbons (Fsp3) is 0.267. The molecule has 21 heavy (non-hydrogen) atoms. The number of hydrogen-bond donors (Lipinski definition) is 2. The lowest BCUT2D eigenvalue weighted by Crippen LogP contribution is -2.19. The zero-order chi connectivity index (χ0) is 15.8. The zero-order valence-corrected chi connectivity index (χ0v) is 13.1. The Morgan fingerprint density at radius 1 is 1.38 bits per heavy atom. The standard InChI is InChI=1S/C15H20N4OS/c1-4-5-11(9-21-10(2)3)12-7-18-14(19-8-12)6-13(16)15(17)20/h6-9H,2,4-5,16H2,1,3H3,(H2,17,20)/b11-9+,13-6?. The molecule has 0 bridgehead atoms. The van der Waals surface area contributed by atoms with Crippen molar-refractivity contribution in [2.75, 3.05) is 0 Å². The second-order valence-electron chi connectivity index (χ2n) is 4.51. The molecule has 1 aromatic heterocycles. The fourth-order valence-electron chi connectivity index (χ4n) is 1.50. The van der Waals surface area contributed by atoms with Crippen LogP contribution in [-0.2, 0) is 4.79 Å². The van der Waals surface area contributed by atoms with Crippen molar-refractivity contribution in [3.8, 4) is 0 Å².